The fourth-order valence-electron chi connectivity index (χ4n) is 0.898. The van der Waals surface area contributed by atoms with Gasteiger partial charge in [-0.1, -0.05) is 0 Å². The van der Waals surface area contributed by atoms with Crippen LogP contribution < -0.4 is 0 Å². The van der Waals surface area contributed by atoms with E-state index < -0.39 is 35.2 Å². The summed E-state index contributed by atoms with van der Waals surface area (Å²) in [5.74, 6) is -6.65. The molecular weight excluding hydrogens is 223 g/mol. The van der Waals surface area contributed by atoms with Gasteiger partial charge in [-0.2, -0.15) is 0 Å². The van der Waals surface area contributed by atoms with E-state index in [2.05, 4.69) is 4.94 Å². The summed E-state index contributed by atoms with van der Waals surface area (Å²) in [4.78, 5) is 12.8. The van der Waals surface area contributed by atoms with Crippen molar-refractivity contribution in [1.82, 2.24) is 0 Å². The first-order valence-corrected chi connectivity index (χ1v) is 3.58. The monoisotopic (exact) mass is 226 g/mol. The van der Waals surface area contributed by atoms with E-state index in [1.165, 1.54) is 0 Å². The third-order valence-corrected chi connectivity index (χ3v) is 1.60. The molecule has 1 aromatic rings. The lowest BCUT2D eigenvalue weighted by molar-refractivity contribution is -0.190. The van der Waals surface area contributed by atoms with Crippen LogP contribution in [-0.2, 0) is 9.74 Å². The molecule has 0 aliphatic heterocycles. The van der Waals surface area contributed by atoms with Crippen molar-refractivity contribution in [2.24, 2.45) is 0 Å². The number of carbonyl (C=O) groups is 1. The quantitative estimate of drug-likeness (QED) is 0.572. The van der Waals surface area contributed by atoms with E-state index in [1.54, 1.807) is 0 Å². The SMILES string of the molecule is O=C(OF)C(F)c1cc(F)c(F)cc1F. The minimum atomic E-state index is -2.84. The second kappa shape index (κ2) is 4.24. The van der Waals surface area contributed by atoms with Gasteiger partial charge in [0, 0.05) is 16.2 Å². The molecule has 1 rings (SSSR count). The molecule has 1 unspecified atom stereocenters. The van der Waals surface area contributed by atoms with Gasteiger partial charge in [0.25, 0.3) is 0 Å². The number of rotatable bonds is 2. The van der Waals surface area contributed by atoms with Crippen molar-refractivity contribution in [3.63, 3.8) is 0 Å². The Hall–Kier alpha value is -1.66. The van der Waals surface area contributed by atoms with Crippen LogP contribution in [0, 0.1) is 17.5 Å². The highest BCUT2D eigenvalue weighted by Gasteiger charge is 2.27. The molecule has 0 N–H and O–H groups in total. The van der Waals surface area contributed by atoms with E-state index in [1.807, 2.05) is 0 Å². The maximum atomic E-state index is 12.9. The van der Waals surface area contributed by atoms with Gasteiger partial charge < -0.3 is 0 Å². The highest BCUT2D eigenvalue weighted by atomic mass is 19.3. The minimum absolute atomic E-state index is 0.0444. The van der Waals surface area contributed by atoms with Crippen LogP contribution in [0.5, 0.6) is 0 Å². The fraction of sp³-hybridized carbons (Fsp3) is 0.125. The average molecular weight is 226 g/mol. The Morgan fingerprint density at radius 2 is 1.67 bits per heavy atom. The van der Waals surface area contributed by atoms with Gasteiger partial charge in [0.2, 0.25) is 6.17 Å². The molecule has 15 heavy (non-hydrogen) atoms. The summed E-state index contributed by atoms with van der Waals surface area (Å²) < 4.78 is 61.8. The number of alkyl halides is 1. The molecule has 2 nitrogen and oxygen atoms in total. The van der Waals surface area contributed by atoms with Gasteiger partial charge in [-0.25, -0.2) is 22.4 Å². The predicted molar refractivity (Wildman–Crippen MR) is 37.4 cm³/mol. The van der Waals surface area contributed by atoms with Gasteiger partial charge in [-0.05, 0) is 6.07 Å². The zero-order valence-corrected chi connectivity index (χ0v) is 6.94. The molecule has 82 valence electrons. The van der Waals surface area contributed by atoms with Crippen molar-refractivity contribution in [3.05, 3.63) is 35.1 Å². The number of hydrogen-bond acceptors (Lipinski definition) is 2. The highest BCUT2D eigenvalue weighted by molar-refractivity contribution is 5.75. The van der Waals surface area contributed by atoms with Crippen LogP contribution in [-0.4, -0.2) is 5.97 Å². The van der Waals surface area contributed by atoms with Crippen molar-refractivity contribution in [3.8, 4) is 0 Å². The van der Waals surface area contributed by atoms with Crippen molar-refractivity contribution >= 4 is 5.97 Å². The van der Waals surface area contributed by atoms with Crippen LogP contribution in [0.15, 0.2) is 12.1 Å². The van der Waals surface area contributed by atoms with E-state index in [0.29, 0.717) is 0 Å². The van der Waals surface area contributed by atoms with E-state index in [9.17, 15) is 26.9 Å². The maximum absolute atomic E-state index is 12.9. The molecule has 0 saturated heterocycles. The first-order valence-electron chi connectivity index (χ1n) is 3.58. The first kappa shape index (κ1) is 11.4. The Balaban J connectivity index is 3.14. The zero-order chi connectivity index (χ0) is 11.6. The fourth-order valence-corrected chi connectivity index (χ4v) is 0.898. The van der Waals surface area contributed by atoms with E-state index in [-0.39, 0.29) is 12.1 Å². The molecule has 7 heteroatoms. The number of carbonyl (C=O) groups excluding carboxylic acids is 1. The standard InChI is InChI=1S/C8H3F5O2/c9-4-2-6(11)5(10)1-3(4)7(12)8(14)15-13/h1-2,7H. The Morgan fingerprint density at radius 3 is 2.20 bits per heavy atom. The topological polar surface area (TPSA) is 26.3 Å². The predicted octanol–water partition coefficient (Wildman–Crippen LogP) is 2.54. The summed E-state index contributed by atoms with van der Waals surface area (Å²) in [6, 6.07) is 0.162. The molecule has 0 heterocycles. The molecule has 0 spiro atoms. The largest absolute Gasteiger partial charge is 0.387 e. The summed E-state index contributed by atoms with van der Waals surface area (Å²) in [6.45, 7) is 0. The molecule has 0 fully saturated rings. The van der Waals surface area contributed by atoms with Crippen LogP contribution in [0.1, 0.15) is 11.7 Å². The average Bonchev–Trinajstić information content (AvgIpc) is 2.21. The summed E-state index contributed by atoms with van der Waals surface area (Å²) in [5, 5.41) is 0. The van der Waals surface area contributed by atoms with Crippen molar-refractivity contribution in [1.29, 1.82) is 0 Å². The maximum Gasteiger partial charge on any atom is 0.387 e. The van der Waals surface area contributed by atoms with Gasteiger partial charge in [0.05, 0.1) is 0 Å². The van der Waals surface area contributed by atoms with Gasteiger partial charge in [0.1, 0.15) is 5.82 Å². The normalized spacial score (nSPS) is 12.3. The molecule has 0 radical (unpaired) electrons. The van der Waals surface area contributed by atoms with Crippen LogP contribution >= 0.6 is 0 Å². The number of halogens is 5. The summed E-state index contributed by atoms with van der Waals surface area (Å²) in [6.07, 6.45) is -2.84. The second-order valence-electron chi connectivity index (χ2n) is 2.55. The summed E-state index contributed by atoms with van der Waals surface area (Å²) in [7, 11) is 0. The third-order valence-electron chi connectivity index (χ3n) is 1.60. The Labute approximate surface area is 80.2 Å². The molecular formula is C8H3F5O2. The van der Waals surface area contributed by atoms with Crippen LogP contribution in [0.3, 0.4) is 0 Å². The minimum Gasteiger partial charge on any atom is -0.251 e. The van der Waals surface area contributed by atoms with Crippen LogP contribution in [0.4, 0.5) is 22.1 Å². The summed E-state index contributed by atoms with van der Waals surface area (Å²) in [5.41, 5.74) is -1.13. The lowest BCUT2D eigenvalue weighted by Gasteiger charge is -2.05. The van der Waals surface area contributed by atoms with Crippen LogP contribution in [0.2, 0.25) is 0 Å². The van der Waals surface area contributed by atoms with Gasteiger partial charge in [-0.3, -0.25) is 4.94 Å². The van der Waals surface area contributed by atoms with Gasteiger partial charge in [0.15, 0.2) is 11.6 Å². The third kappa shape index (κ3) is 2.23. The second-order valence-corrected chi connectivity index (χ2v) is 2.55. The summed E-state index contributed by atoms with van der Waals surface area (Å²) >= 11 is 0. The Kier molecular flexibility index (Phi) is 3.23. The lowest BCUT2D eigenvalue weighted by Crippen LogP contribution is -2.10. The Bertz CT molecular complexity index is 393. The van der Waals surface area contributed by atoms with E-state index in [4.69, 9.17) is 0 Å². The molecule has 1 aromatic carbocycles. The van der Waals surface area contributed by atoms with Gasteiger partial charge in [-0.15, -0.1) is 0 Å². The van der Waals surface area contributed by atoms with E-state index >= 15 is 0 Å². The zero-order valence-electron chi connectivity index (χ0n) is 6.94. The highest BCUT2D eigenvalue weighted by Crippen LogP contribution is 2.24. The lowest BCUT2D eigenvalue weighted by atomic mass is 10.1. The van der Waals surface area contributed by atoms with Gasteiger partial charge >= 0.3 is 5.97 Å². The molecule has 0 aromatic heterocycles. The smallest absolute Gasteiger partial charge is 0.251 e. The molecule has 0 saturated carbocycles. The molecule has 1 atom stereocenters. The molecule has 0 aliphatic carbocycles. The number of benzene rings is 1. The Morgan fingerprint density at radius 1 is 1.13 bits per heavy atom. The molecule has 0 bridgehead atoms. The van der Waals surface area contributed by atoms with E-state index in [0.717, 1.165) is 0 Å². The molecule has 0 amide bonds. The van der Waals surface area contributed by atoms with Crippen LogP contribution in [0.25, 0.3) is 0 Å². The van der Waals surface area contributed by atoms with Crippen molar-refractivity contribution < 1.29 is 31.8 Å². The first-order chi connectivity index (χ1) is 6.97. The number of hydrogen-bond donors (Lipinski definition) is 0. The van der Waals surface area contributed by atoms with Crippen molar-refractivity contribution in [2.75, 3.05) is 0 Å². The van der Waals surface area contributed by atoms with Crippen molar-refractivity contribution in [2.45, 2.75) is 6.17 Å². The molecule has 0 aliphatic rings.